The zero-order valence-electron chi connectivity index (χ0n) is 27.6. The SMILES string of the molecule is CC1=C(/C=C\C(C)CC#C/C(C)=C/C=C/C=C(C)/C=C/C=C(\C)CCC2=C(C)CCCC2(C)C)C(C)(C)CCC1. The van der Waals surface area contributed by atoms with Crippen molar-refractivity contribution in [2.75, 3.05) is 0 Å². The molecule has 0 amide bonds. The van der Waals surface area contributed by atoms with Gasteiger partial charge in [-0.05, 0) is 114 Å². The monoisotopic (exact) mass is 538 g/mol. The lowest BCUT2D eigenvalue weighted by Gasteiger charge is -2.34. The Bertz CT molecular complexity index is 1160. The van der Waals surface area contributed by atoms with Crippen molar-refractivity contribution in [2.24, 2.45) is 16.7 Å². The van der Waals surface area contributed by atoms with Gasteiger partial charge in [0.05, 0.1) is 0 Å². The van der Waals surface area contributed by atoms with Gasteiger partial charge in [0.1, 0.15) is 0 Å². The molecule has 0 saturated carbocycles. The van der Waals surface area contributed by atoms with Gasteiger partial charge < -0.3 is 0 Å². The molecule has 0 aliphatic heterocycles. The van der Waals surface area contributed by atoms with Crippen LogP contribution in [0.15, 0.2) is 93.7 Å². The van der Waals surface area contributed by atoms with E-state index in [1.54, 1.807) is 16.7 Å². The zero-order valence-corrected chi connectivity index (χ0v) is 27.6. The molecule has 0 saturated heterocycles. The molecule has 0 heteroatoms. The molecule has 0 N–H and O–H groups in total. The number of allylic oxidation sites excluding steroid dienone is 16. The highest BCUT2D eigenvalue weighted by Gasteiger charge is 2.28. The average Bonchev–Trinajstić information content (AvgIpc) is 2.85. The van der Waals surface area contributed by atoms with E-state index < -0.39 is 0 Å². The highest BCUT2D eigenvalue weighted by molar-refractivity contribution is 5.34. The van der Waals surface area contributed by atoms with Gasteiger partial charge in [-0.25, -0.2) is 0 Å². The van der Waals surface area contributed by atoms with Crippen molar-refractivity contribution in [3.05, 3.63) is 93.7 Å². The van der Waals surface area contributed by atoms with Gasteiger partial charge in [0, 0.05) is 6.42 Å². The summed E-state index contributed by atoms with van der Waals surface area (Å²) in [5.41, 5.74) is 10.9. The van der Waals surface area contributed by atoms with Crippen LogP contribution in [0.3, 0.4) is 0 Å². The topological polar surface area (TPSA) is 0 Å². The van der Waals surface area contributed by atoms with E-state index in [1.165, 1.54) is 61.7 Å². The lowest BCUT2D eigenvalue weighted by molar-refractivity contribution is 0.354. The first-order valence-electron chi connectivity index (χ1n) is 15.7. The molecule has 2 aliphatic carbocycles. The highest BCUT2D eigenvalue weighted by Crippen LogP contribution is 2.43. The maximum atomic E-state index is 3.38. The molecular formula is C40H58. The Morgan fingerprint density at radius 3 is 2.17 bits per heavy atom. The van der Waals surface area contributed by atoms with Crippen molar-refractivity contribution in [1.29, 1.82) is 0 Å². The van der Waals surface area contributed by atoms with E-state index in [0.717, 1.165) is 18.4 Å². The molecule has 40 heavy (non-hydrogen) atoms. The van der Waals surface area contributed by atoms with Crippen molar-refractivity contribution in [2.45, 2.75) is 127 Å². The highest BCUT2D eigenvalue weighted by atomic mass is 14.3. The van der Waals surface area contributed by atoms with Gasteiger partial charge >= 0.3 is 0 Å². The standard InChI is InChI=1S/C40H58/c1-31(19-13-21-33(3)25-27-37-35(5)23-15-29-39(37,7)8)17-11-12-18-32(2)20-14-22-34(4)26-28-38-36(6)24-16-30-40(38,9)10/h11-13,17-19,21,26,28,34H,15-16,22-25,27,29-30H2,1-10H3/b12-11+,19-13+,28-26-,31-17+,32-18+,33-21+. The van der Waals surface area contributed by atoms with E-state index in [1.807, 2.05) is 0 Å². The molecule has 2 rings (SSSR count). The molecule has 0 fully saturated rings. The van der Waals surface area contributed by atoms with Gasteiger partial charge in [-0.1, -0.05) is 129 Å². The second-order valence-corrected chi connectivity index (χ2v) is 13.8. The maximum absolute atomic E-state index is 3.38. The van der Waals surface area contributed by atoms with Crippen LogP contribution in [0.1, 0.15) is 127 Å². The Morgan fingerprint density at radius 2 is 1.50 bits per heavy atom. The molecule has 0 bridgehead atoms. The van der Waals surface area contributed by atoms with Crippen LogP contribution in [0.4, 0.5) is 0 Å². The first kappa shape index (κ1) is 33.7. The number of hydrogen-bond donors (Lipinski definition) is 0. The number of rotatable bonds is 10. The summed E-state index contributed by atoms with van der Waals surface area (Å²) < 4.78 is 0. The molecule has 0 spiro atoms. The van der Waals surface area contributed by atoms with E-state index in [0.29, 0.717) is 16.7 Å². The minimum Gasteiger partial charge on any atom is -0.0976 e. The normalized spacial score (nSPS) is 21.5. The third kappa shape index (κ3) is 11.5. The van der Waals surface area contributed by atoms with Crippen LogP contribution in [0.5, 0.6) is 0 Å². The van der Waals surface area contributed by atoms with Crippen molar-refractivity contribution in [1.82, 2.24) is 0 Å². The van der Waals surface area contributed by atoms with Crippen LogP contribution in [0.2, 0.25) is 0 Å². The molecule has 218 valence electrons. The van der Waals surface area contributed by atoms with Crippen molar-refractivity contribution in [3.63, 3.8) is 0 Å². The van der Waals surface area contributed by atoms with E-state index in [-0.39, 0.29) is 0 Å². The largest absolute Gasteiger partial charge is 0.0976 e. The van der Waals surface area contributed by atoms with Gasteiger partial charge in [0.2, 0.25) is 0 Å². The molecule has 1 unspecified atom stereocenters. The summed E-state index contributed by atoms with van der Waals surface area (Å²) in [6, 6.07) is 0. The molecule has 0 aromatic rings. The maximum Gasteiger partial charge on any atom is 0.0153 e. The summed E-state index contributed by atoms with van der Waals surface area (Å²) in [5, 5.41) is 0. The molecule has 2 aliphatic rings. The Balaban J connectivity index is 1.81. The fourth-order valence-electron chi connectivity index (χ4n) is 6.19. The van der Waals surface area contributed by atoms with E-state index in [4.69, 9.17) is 0 Å². The molecular weight excluding hydrogens is 480 g/mol. The Hall–Kier alpha value is -2.52. The third-order valence-corrected chi connectivity index (χ3v) is 8.85. The Kier molecular flexibility index (Phi) is 13.5. The van der Waals surface area contributed by atoms with Gasteiger partial charge in [-0.3, -0.25) is 0 Å². The van der Waals surface area contributed by atoms with Crippen molar-refractivity contribution >= 4 is 0 Å². The first-order chi connectivity index (χ1) is 18.8. The quantitative estimate of drug-likeness (QED) is 0.147. The fourth-order valence-corrected chi connectivity index (χ4v) is 6.19. The van der Waals surface area contributed by atoms with E-state index in [9.17, 15) is 0 Å². The van der Waals surface area contributed by atoms with Crippen LogP contribution >= 0.6 is 0 Å². The predicted molar refractivity (Wildman–Crippen MR) is 180 cm³/mol. The minimum atomic E-state index is 0.303. The lowest BCUT2D eigenvalue weighted by atomic mass is 9.71. The average molecular weight is 539 g/mol. The predicted octanol–water partition coefficient (Wildman–Crippen LogP) is 12.4. The first-order valence-corrected chi connectivity index (χ1v) is 15.7. The third-order valence-electron chi connectivity index (χ3n) is 8.85. The van der Waals surface area contributed by atoms with Gasteiger partial charge in [0.15, 0.2) is 0 Å². The smallest absolute Gasteiger partial charge is 0.0153 e. The zero-order chi connectivity index (χ0) is 29.8. The molecule has 0 aromatic heterocycles. The van der Waals surface area contributed by atoms with Crippen LogP contribution in [-0.4, -0.2) is 0 Å². The summed E-state index contributed by atoms with van der Waals surface area (Å²) in [5.74, 6) is 7.16. The van der Waals surface area contributed by atoms with Crippen molar-refractivity contribution in [3.8, 4) is 11.8 Å². The summed E-state index contributed by atoms with van der Waals surface area (Å²) in [6.45, 7) is 23.0. The van der Waals surface area contributed by atoms with Gasteiger partial charge in [0.25, 0.3) is 0 Å². The lowest BCUT2D eigenvalue weighted by Crippen LogP contribution is -2.20. The molecule has 0 aromatic carbocycles. The van der Waals surface area contributed by atoms with E-state index >= 15 is 0 Å². The van der Waals surface area contributed by atoms with Crippen LogP contribution in [-0.2, 0) is 0 Å². The van der Waals surface area contributed by atoms with Gasteiger partial charge in [-0.15, -0.1) is 0 Å². The summed E-state index contributed by atoms with van der Waals surface area (Å²) in [7, 11) is 0. The fraction of sp³-hybridized carbons (Fsp3) is 0.550. The minimum absolute atomic E-state index is 0.303. The number of hydrogen-bond acceptors (Lipinski definition) is 0. The van der Waals surface area contributed by atoms with Crippen LogP contribution in [0.25, 0.3) is 0 Å². The molecule has 0 heterocycles. The van der Waals surface area contributed by atoms with Gasteiger partial charge in [-0.2, -0.15) is 0 Å². The molecule has 1 atom stereocenters. The molecule has 0 nitrogen and oxygen atoms in total. The second kappa shape index (κ2) is 16.1. The Labute approximate surface area is 248 Å². The van der Waals surface area contributed by atoms with Crippen LogP contribution in [0, 0.1) is 28.6 Å². The van der Waals surface area contributed by atoms with Crippen molar-refractivity contribution < 1.29 is 0 Å². The summed E-state index contributed by atoms with van der Waals surface area (Å²) in [4.78, 5) is 0. The summed E-state index contributed by atoms with van der Waals surface area (Å²) in [6.07, 6.45) is 30.9. The summed E-state index contributed by atoms with van der Waals surface area (Å²) >= 11 is 0. The van der Waals surface area contributed by atoms with E-state index in [2.05, 4.69) is 136 Å². The molecule has 0 radical (unpaired) electrons. The Morgan fingerprint density at radius 1 is 0.850 bits per heavy atom. The van der Waals surface area contributed by atoms with Crippen LogP contribution < -0.4 is 0 Å². The second-order valence-electron chi connectivity index (χ2n) is 13.8.